The van der Waals surface area contributed by atoms with E-state index in [1.54, 1.807) is 24.7 Å². The number of aromatic nitrogens is 2. The van der Waals surface area contributed by atoms with Gasteiger partial charge in [-0.15, -0.1) is 0 Å². The highest BCUT2D eigenvalue weighted by molar-refractivity contribution is 9.10. The van der Waals surface area contributed by atoms with E-state index in [2.05, 4.69) is 25.9 Å². The van der Waals surface area contributed by atoms with Gasteiger partial charge < -0.3 is 4.74 Å². The van der Waals surface area contributed by atoms with Gasteiger partial charge in [0, 0.05) is 29.0 Å². The molecular weight excluding hydrogens is 291 g/mol. The molecule has 82 valence electrons. The molecule has 2 rings (SSSR count). The quantitative estimate of drug-likeness (QED) is 0.841. The maximum atomic E-state index is 5.80. The van der Waals surface area contributed by atoms with E-state index in [4.69, 9.17) is 16.3 Å². The van der Waals surface area contributed by atoms with Gasteiger partial charge in [-0.25, -0.2) is 4.98 Å². The summed E-state index contributed by atoms with van der Waals surface area (Å²) in [7, 11) is 0. The highest BCUT2D eigenvalue weighted by Crippen LogP contribution is 2.24. The van der Waals surface area contributed by atoms with Crippen LogP contribution in [0.2, 0.25) is 5.02 Å². The molecule has 3 nitrogen and oxygen atoms in total. The zero-order valence-electron chi connectivity index (χ0n) is 8.45. The molecule has 0 aliphatic carbocycles. The second-order valence-corrected chi connectivity index (χ2v) is 4.50. The van der Waals surface area contributed by atoms with Crippen molar-refractivity contribution in [3.63, 3.8) is 0 Å². The Balaban J connectivity index is 2.24. The van der Waals surface area contributed by atoms with Gasteiger partial charge in [-0.05, 0) is 28.4 Å². The Kier molecular flexibility index (Phi) is 3.41. The van der Waals surface area contributed by atoms with Gasteiger partial charge >= 0.3 is 0 Å². The molecule has 16 heavy (non-hydrogen) atoms. The first-order chi connectivity index (χ1) is 7.65. The topological polar surface area (TPSA) is 35.0 Å². The van der Waals surface area contributed by atoms with Gasteiger partial charge in [-0.2, -0.15) is 0 Å². The molecule has 0 amide bonds. The van der Waals surface area contributed by atoms with E-state index in [1.165, 1.54) is 0 Å². The predicted molar refractivity (Wildman–Crippen MR) is 66.0 cm³/mol. The van der Waals surface area contributed by atoms with Crippen molar-refractivity contribution >= 4 is 27.5 Å². The summed E-state index contributed by atoms with van der Waals surface area (Å²) in [5, 5.41) is 0.534. The van der Waals surface area contributed by atoms with Crippen LogP contribution in [0.4, 0.5) is 0 Å². The minimum Gasteiger partial charge on any atom is -0.437 e. The molecule has 0 fully saturated rings. The van der Waals surface area contributed by atoms with Crippen molar-refractivity contribution in [2.45, 2.75) is 6.92 Å². The molecule has 0 spiro atoms. The van der Waals surface area contributed by atoms with Gasteiger partial charge in [0.25, 0.3) is 0 Å². The molecule has 2 aromatic heterocycles. The molecule has 5 heteroatoms. The van der Waals surface area contributed by atoms with E-state index in [-0.39, 0.29) is 0 Å². The Morgan fingerprint density at radius 2 is 2.06 bits per heavy atom. The minimum atomic E-state index is 0.518. The van der Waals surface area contributed by atoms with Crippen molar-refractivity contribution in [2.75, 3.05) is 0 Å². The molecule has 0 saturated heterocycles. The Hall–Kier alpha value is -1.13. The van der Waals surface area contributed by atoms with E-state index in [9.17, 15) is 0 Å². The summed E-state index contributed by atoms with van der Waals surface area (Å²) in [5.74, 6) is 1.09. The number of ether oxygens (including phenoxy) is 1. The third-order valence-corrected chi connectivity index (χ3v) is 2.96. The van der Waals surface area contributed by atoms with Gasteiger partial charge in [0.05, 0.1) is 11.2 Å². The van der Waals surface area contributed by atoms with E-state index in [0.717, 1.165) is 10.0 Å². The van der Waals surface area contributed by atoms with Gasteiger partial charge in [-0.3, -0.25) is 4.98 Å². The lowest BCUT2D eigenvalue weighted by Crippen LogP contribution is -1.89. The van der Waals surface area contributed by atoms with Crippen LogP contribution < -0.4 is 4.74 Å². The van der Waals surface area contributed by atoms with Crippen LogP contribution in [-0.2, 0) is 0 Å². The van der Waals surface area contributed by atoms with Crippen LogP contribution in [0, 0.1) is 6.92 Å². The summed E-state index contributed by atoms with van der Waals surface area (Å²) in [5.41, 5.74) is 1.06. The summed E-state index contributed by atoms with van der Waals surface area (Å²) >= 11 is 9.17. The molecule has 0 atom stereocenters. The fourth-order valence-corrected chi connectivity index (χ4v) is 1.52. The van der Waals surface area contributed by atoms with Crippen LogP contribution >= 0.6 is 27.5 Å². The normalized spacial score (nSPS) is 10.2. The number of pyridine rings is 2. The summed E-state index contributed by atoms with van der Waals surface area (Å²) in [6.45, 7) is 1.97. The van der Waals surface area contributed by atoms with E-state index in [0.29, 0.717) is 16.7 Å². The molecule has 0 aromatic carbocycles. The Morgan fingerprint density at radius 3 is 2.75 bits per heavy atom. The standard InChI is InChI=1S/C11H8BrClN2O/c1-7-2-11(15-6-10(7)12)16-9-3-8(13)4-14-5-9/h2-6H,1H3. The number of halogens is 2. The van der Waals surface area contributed by atoms with Crippen molar-refractivity contribution in [3.8, 4) is 11.6 Å². The molecule has 0 N–H and O–H groups in total. The first-order valence-electron chi connectivity index (χ1n) is 4.56. The van der Waals surface area contributed by atoms with E-state index < -0.39 is 0 Å². The highest BCUT2D eigenvalue weighted by atomic mass is 79.9. The highest BCUT2D eigenvalue weighted by Gasteiger charge is 2.02. The van der Waals surface area contributed by atoms with Crippen molar-refractivity contribution in [3.05, 3.63) is 45.8 Å². The van der Waals surface area contributed by atoms with Gasteiger partial charge in [-0.1, -0.05) is 11.6 Å². The summed E-state index contributed by atoms with van der Waals surface area (Å²) < 4.78 is 6.46. The lowest BCUT2D eigenvalue weighted by Gasteiger charge is -2.05. The summed E-state index contributed by atoms with van der Waals surface area (Å²) in [6, 6.07) is 3.53. The first kappa shape index (κ1) is 11.4. The van der Waals surface area contributed by atoms with Gasteiger partial charge in [0.2, 0.25) is 5.88 Å². The third kappa shape index (κ3) is 2.71. The van der Waals surface area contributed by atoms with Gasteiger partial charge in [0.15, 0.2) is 0 Å². The van der Waals surface area contributed by atoms with Crippen molar-refractivity contribution in [1.82, 2.24) is 9.97 Å². The Bertz CT molecular complexity index is 519. The molecule has 0 unspecified atom stereocenters. The second-order valence-electron chi connectivity index (χ2n) is 3.21. The molecule has 0 bridgehead atoms. The molecular formula is C11H8BrClN2O. The van der Waals surface area contributed by atoms with Gasteiger partial charge in [0.1, 0.15) is 5.75 Å². The number of aryl methyl sites for hydroxylation is 1. The number of rotatable bonds is 2. The Morgan fingerprint density at radius 1 is 1.25 bits per heavy atom. The maximum absolute atomic E-state index is 5.80. The Labute approximate surface area is 107 Å². The number of nitrogens with zero attached hydrogens (tertiary/aromatic N) is 2. The fraction of sp³-hybridized carbons (Fsp3) is 0.0909. The van der Waals surface area contributed by atoms with Crippen molar-refractivity contribution in [1.29, 1.82) is 0 Å². The van der Waals surface area contributed by atoms with E-state index in [1.807, 2.05) is 13.0 Å². The summed E-state index contributed by atoms with van der Waals surface area (Å²) in [6.07, 6.45) is 4.84. The van der Waals surface area contributed by atoms with Crippen molar-refractivity contribution < 1.29 is 4.74 Å². The zero-order chi connectivity index (χ0) is 11.5. The molecule has 0 aliphatic heterocycles. The maximum Gasteiger partial charge on any atom is 0.219 e. The lowest BCUT2D eigenvalue weighted by atomic mass is 10.3. The molecule has 0 saturated carbocycles. The molecule has 0 aliphatic rings. The van der Waals surface area contributed by atoms with Crippen LogP contribution in [0.3, 0.4) is 0 Å². The van der Waals surface area contributed by atoms with Crippen LogP contribution in [0.25, 0.3) is 0 Å². The number of hydrogen-bond acceptors (Lipinski definition) is 3. The predicted octanol–water partition coefficient (Wildman–Crippen LogP) is 3.99. The van der Waals surface area contributed by atoms with Crippen LogP contribution in [0.5, 0.6) is 11.6 Å². The monoisotopic (exact) mass is 298 g/mol. The zero-order valence-corrected chi connectivity index (χ0v) is 10.8. The van der Waals surface area contributed by atoms with Crippen LogP contribution in [-0.4, -0.2) is 9.97 Å². The molecule has 0 radical (unpaired) electrons. The lowest BCUT2D eigenvalue weighted by molar-refractivity contribution is 0.460. The average Bonchev–Trinajstić information content (AvgIpc) is 2.24. The summed E-state index contributed by atoms with van der Waals surface area (Å²) in [4.78, 5) is 8.05. The smallest absolute Gasteiger partial charge is 0.219 e. The third-order valence-electron chi connectivity index (χ3n) is 1.92. The van der Waals surface area contributed by atoms with Crippen molar-refractivity contribution in [2.24, 2.45) is 0 Å². The van der Waals surface area contributed by atoms with Crippen LogP contribution in [0.1, 0.15) is 5.56 Å². The van der Waals surface area contributed by atoms with E-state index >= 15 is 0 Å². The van der Waals surface area contributed by atoms with Crippen LogP contribution in [0.15, 0.2) is 35.2 Å². The first-order valence-corrected chi connectivity index (χ1v) is 5.73. The minimum absolute atomic E-state index is 0.518. The second kappa shape index (κ2) is 4.80. The largest absolute Gasteiger partial charge is 0.437 e. The SMILES string of the molecule is Cc1cc(Oc2cncc(Cl)c2)ncc1Br. The molecule has 2 aromatic rings. The molecule has 2 heterocycles. The number of hydrogen-bond donors (Lipinski definition) is 0. The fourth-order valence-electron chi connectivity index (χ4n) is 1.14. The average molecular weight is 300 g/mol.